The van der Waals surface area contributed by atoms with E-state index in [1.54, 1.807) is 6.92 Å². The Morgan fingerprint density at radius 2 is 2.25 bits per heavy atom. The first-order valence-electron chi connectivity index (χ1n) is 5.58. The molecule has 5 nitrogen and oxygen atoms in total. The van der Waals surface area contributed by atoms with E-state index in [0.717, 1.165) is 13.1 Å². The second kappa shape index (κ2) is 6.27. The quantitative estimate of drug-likeness (QED) is 0.732. The number of aryl methyl sites for hydroxylation is 1. The van der Waals surface area contributed by atoms with Gasteiger partial charge in [-0.1, -0.05) is 0 Å². The predicted octanol–water partition coefficient (Wildman–Crippen LogP) is 0.941. The van der Waals surface area contributed by atoms with Crippen molar-refractivity contribution in [1.82, 2.24) is 9.97 Å². The molecule has 0 saturated heterocycles. The van der Waals surface area contributed by atoms with Crippen molar-refractivity contribution >= 4 is 5.82 Å². The molecule has 0 fully saturated rings. The Bertz CT molecular complexity index is 376. The smallest absolute Gasteiger partial charge is 0.252 e. The summed E-state index contributed by atoms with van der Waals surface area (Å²) in [5.41, 5.74) is -0.114. The molecule has 0 unspecified atom stereocenters. The van der Waals surface area contributed by atoms with Gasteiger partial charge in [-0.3, -0.25) is 4.79 Å². The topological polar surface area (TPSA) is 58.2 Å². The first-order valence-corrected chi connectivity index (χ1v) is 5.58. The van der Waals surface area contributed by atoms with Crippen LogP contribution in [-0.4, -0.2) is 36.3 Å². The molecular formula is C11H19N3O2. The van der Waals surface area contributed by atoms with Crippen LogP contribution in [0.25, 0.3) is 0 Å². The van der Waals surface area contributed by atoms with E-state index in [1.807, 2.05) is 18.7 Å². The number of ether oxygens (including phenoxy) is 1. The van der Waals surface area contributed by atoms with E-state index in [-0.39, 0.29) is 5.56 Å². The summed E-state index contributed by atoms with van der Waals surface area (Å²) in [5, 5.41) is 0. The van der Waals surface area contributed by atoms with E-state index in [2.05, 4.69) is 9.97 Å². The third-order valence-corrected chi connectivity index (χ3v) is 2.26. The molecule has 16 heavy (non-hydrogen) atoms. The van der Waals surface area contributed by atoms with Crippen LogP contribution in [0.5, 0.6) is 0 Å². The molecular weight excluding hydrogens is 206 g/mol. The number of anilines is 1. The summed E-state index contributed by atoms with van der Waals surface area (Å²) < 4.78 is 5.29. The maximum absolute atomic E-state index is 11.3. The number of likely N-dealkylation sites (N-methyl/N-ethyl adjacent to an activating group) is 1. The summed E-state index contributed by atoms with van der Waals surface area (Å²) >= 11 is 0. The van der Waals surface area contributed by atoms with Gasteiger partial charge in [0.1, 0.15) is 11.6 Å². The largest absolute Gasteiger partial charge is 0.380 e. The molecule has 0 saturated carbocycles. The van der Waals surface area contributed by atoms with Crippen molar-refractivity contribution in [2.24, 2.45) is 0 Å². The fraction of sp³-hybridized carbons (Fsp3) is 0.636. The van der Waals surface area contributed by atoms with Crippen LogP contribution in [0.15, 0.2) is 10.9 Å². The fourth-order valence-corrected chi connectivity index (χ4v) is 1.48. The van der Waals surface area contributed by atoms with Crippen molar-refractivity contribution in [3.8, 4) is 0 Å². The van der Waals surface area contributed by atoms with Crippen molar-refractivity contribution in [3.63, 3.8) is 0 Å². The molecule has 1 N–H and O–H groups in total. The van der Waals surface area contributed by atoms with Gasteiger partial charge < -0.3 is 14.6 Å². The minimum absolute atomic E-state index is 0.114. The number of nitrogens with zero attached hydrogens (tertiary/aromatic N) is 2. The van der Waals surface area contributed by atoms with Crippen molar-refractivity contribution in [1.29, 1.82) is 0 Å². The van der Waals surface area contributed by atoms with Crippen molar-refractivity contribution in [2.45, 2.75) is 20.8 Å². The lowest BCUT2D eigenvalue weighted by atomic mass is 10.4. The molecule has 5 heteroatoms. The van der Waals surface area contributed by atoms with E-state index < -0.39 is 0 Å². The number of aromatic amines is 1. The normalized spacial score (nSPS) is 10.4. The van der Waals surface area contributed by atoms with E-state index in [4.69, 9.17) is 4.74 Å². The molecule has 90 valence electrons. The van der Waals surface area contributed by atoms with E-state index in [1.165, 1.54) is 6.07 Å². The Hall–Kier alpha value is -1.36. The fourth-order valence-electron chi connectivity index (χ4n) is 1.48. The Labute approximate surface area is 95.5 Å². The maximum Gasteiger partial charge on any atom is 0.252 e. The predicted molar refractivity (Wildman–Crippen MR) is 64.0 cm³/mol. The molecule has 0 aliphatic rings. The molecule has 1 aromatic rings. The Morgan fingerprint density at radius 3 is 2.81 bits per heavy atom. The summed E-state index contributed by atoms with van der Waals surface area (Å²) in [6.07, 6.45) is 0. The van der Waals surface area contributed by atoms with E-state index in [9.17, 15) is 4.79 Å². The highest BCUT2D eigenvalue weighted by atomic mass is 16.5. The minimum atomic E-state index is -0.114. The number of hydrogen-bond donors (Lipinski definition) is 1. The van der Waals surface area contributed by atoms with Crippen LogP contribution >= 0.6 is 0 Å². The minimum Gasteiger partial charge on any atom is -0.380 e. The summed E-state index contributed by atoms with van der Waals surface area (Å²) in [6.45, 7) is 8.69. The maximum atomic E-state index is 11.3. The monoisotopic (exact) mass is 225 g/mol. The zero-order valence-corrected chi connectivity index (χ0v) is 10.1. The SMILES string of the molecule is CCOCCN(CC)c1cc(=O)[nH]c(C)n1. The number of nitrogens with one attached hydrogen (secondary N) is 1. The van der Waals surface area contributed by atoms with E-state index in [0.29, 0.717) is 24.9 Å². The van der Waals surface area contributed by atoms with Crippen LogP contribution in [0.4, 0.5) is 5.82 Å². The summed E-state index contributed by atoms with van der Waals surface area (Å²) in [5.74, 6) is 1.35. The lowest BCUT2D eigenvalue weighted by molar-refractivity contribution is 0.154. The Balaban J connectivity index is 2.74. The zero-order chi connectivity index (χ0) is 12.0. The van der Waals surface area contributed by atoms with Crippen molar-refractivity contribution in [2.75, 3.05) is 31.2 Å². The lowest BCUT2D eigenvalue weighted by Gasteiger charge is -2.21. The van der Waals surface area contributed by atoms with Crippen LogP contribution in [0.1, 0.15) is 19.7 Å². The first kappa shape index (κ1) is 12.7. The van der Waals surface area contributed by atoms with Gasteiger partial charge in [0, 0.05) is 25.8 Å². The second-order valence-corrected chi connectivity index (χ2v) is 3.47. The van der Waals surface area contributed by atoms with Crippen LogP contribution in [0.2, 0.25) is 0 Å². The highest BCUT2D eigenvalue weighted by Gasteiger charge is 2.06. The van der Waals surface area contributed by atoms with Gasteiger partial charge in [0.25, 0.3) is 5.56 Å². The van der Waals surface area contributed by atoms with Gasteiger partial charge in [0.2, 0.25) is 0 Å². The molecule has 0 aliphatic heterocycles. The van der Waals surface area contributed by atoms with E-state index >= 15 is 0 Å². The second-order valence-electron chi connectivity index (χ2n) is 3.47. The summed E-state index contributed by atoms with van der Waals surface area (Å²) in [4.78, 5) is 20.3. The average molecular weight is 225 g/mol. The molecule has 1 aromatic heterocycles. The molecule has 0 radical (unpaired) electrons. The van der Waals surface area contributed by atoms with Crippen molar-refractivity contribution in [3.05, 3.63) is 22.2 Å². The summed E-state index contributed by atoms with van der Waals surface area (Å²) in [6, 6.07) is 1.52. The van der Waals surface area contributed by atoms with Crippen molar-refractivity contribution < 1.29 is 4.74 Å². The molecule has 0 bridgehead atoms. The van der Waals surface area contributed by atoms with Gasteiger partial charge in [-0.05, 0) is 20.8 Å². The van der Waals surface area contributed by atoms with Gasteiger partial charge in [0.15, 0.2) is 0 Å². The highest BCUT2D eigenvalue weighted by molar-refractivity contribution is 5.36. The van der Waals surface area contributed by atoms with Crippen LogP contribution in [-0.2, 0) is 4.74 Å². The van der Waals surface area contributed by atoms with Crippen LogP contribution in [0, 0.1) is 6.92 Å². The molecule has 0 amide bonds. The van der Waals surface area contributed by atoms with Gasteiger partial charge in [-0.15, -0.1) is 0 Å². The third-order valence-electron chi connectivity index (χ3n) is 2.26. The van der Waals surface area contributed by atoms with Crippen LogP contribution < -0.4 is 10.5 Å². The molecule has 1 heterocycles. The molecule has 0 aromatic carbocycles. The van der Waals surface area contributed by atoms with Gasteiger partial charge >= 0.3 is 0 Å². The number of rotatable bonds is 6. The lowest BCUT2D eigenvalue weighted by Crippen LogP contribution is -2.29. The number of aromatic nitrogens is 2. The van der Waals surface area contributed by atoms with Gasteiger partial charge in [-0.2, -0.15) is 0 Å². The molecule has 0 spiro atoms. The zero-order valence-electron chi connectivity index (χ0n) is 10.1. The molecule has 1 rings (SSSR count). The third kappa shape index (κ3) is 3.66. The average Bonchev–Trinajstić information content (AvgIpc) is 2.23. The van der Waals surface area contributed by atoms with Gasteiger partial charge in [0.05, 0.1) is 6.61 Å². The molecule has 0 aliphatic carbocycles. The Morgan fingerprint density at radius 1 is 1.50 bits per heavy atom. The van der Waals surface area contributed by atoms with Gasteiger partial charge in [-0.25, -0.2) is 4.98 Å². The number of hydrogen-bond acceptors (Lipinski definition) is 4. The number of H-pyrrole nitrogens is 1. The highest BCUT2D eigenvalue weighted by Crippen LogP contribution is 2.06. The standard InChI is InChI=1S/C11H19N3O2/c1-4-14(6-7-16-5-2)10-8-11(15)13-9(3)12-10/h8H,4-7H2,1-3H3,(H,12,13,15). The first-order chi connectivity index (χ1) is 7.67. The van der Waals surface area contributed by atoms with Crippen LogP contribution in [0.3, 0.4) is 0 Å². The Kier molecular flexibility index (Phi) is 4.98. The molecule has 0 atom stereocenters. The summed E-state index contributed by atoms with van der Waals surface area (Å²) in [7, 11) is 0.